The average Bonchev–Trinajstić information content (AvgIpc) is 3.02. The van der Waals surface area contributed by atoms with Crippen LogP contribution in [0.3, 0.4) is 0 Å². The first-order chi connectivity index (χ1) is 9.52. The molecule has 0 saturated carbocycles. The van der Waals surface area contributed by atoms with Crippen molar-refractivity contribution in [2.75, 3.05) is 6.54 Å². The van der Waals surface area contributed by atoms with Gasteiger partial charge in [-0.05, 0) is 32.7 Å². The van der Waals surface area contributed by atoms with Crippen LogP contribution < -0.4 is 5.32 Å². The number of nitrogens with zero attached hydrogens (tertiary/aromatic N) is 2. The van der Waals surface area contributed by atoms with Crippen molar-refractivity contribution in [1.29, 1.82) is 0 Å². The van der Waals surface area contributed by atoms with Crippen molar-refractivity contribution in [3.05, 3.63) is 11.8 Å². The van der Waals surface area contributed by atoms with E-state index in [-0.39, 0.29) is 17.1 Å². The fraction of sp³-hybridized carbons (Fsp3) is 0.769. The molecule has 0 spiro atoms. The molecule has 1 aliphatic rings. The Morgan fingerprint density at radius 2 is 2.20 bits per heavy atom. The van der Waals surface area contributed by atoms with Crippen LogP contribution in [0.2, 0.25) is 0 Å². The molecule has 2 unspecified atom stereocenters. The minimum Gasteiger partial charge on any atom is -0.313 e. The zero-order chi connectivity index (χ0) is 14.8. The minimum atomic E-state index is -3.49. The van der Waals surface area contributed by atoms with Crippen molar-refractivity contribution in [3.8, 4) is 0 Å². The van der Waals surface area contributed by atoms with Gasteiger partial charge in [-0.3, -0.25) is 5.10 Å². The molecule has 7 heteroatoms. The van der Waals surface area contributed by atoms with Crippen LogP contribution in [-0.4, -0.2) is 41.5 Å². The van der Waals surface area contributed by atoms with Crippen LogP contribution in [0.1, 0.15) is 45.6 Å². The van der Waals surface area contributed by atoms with E-state index in [0.29, 0.717) is 12.1 Å². The van der Waals surface area contributed by atoms with E-state index < -0.39 is 10.0 Å². The highest BCUT2D eigenvalue weighted by Crippen LogP contribution is 2.32. The van der Waals surface area contributed by atoms with Gasteiger partial charge in [0.1, 0.15) is 0 Å². The maximum Gasteiger partial charge on any atom is 0.260 e. The average molecular weight is 300 g/mol. The molecule has 0 aliphatic carbocycles. The molecular formula is C13H24N4O2S. The second-order valence-electron chi connectivity index (χ2n) is 5.33. The van der Waals surface area contributed by atoms with E-state index in [0.717, 1.165) is 25.8 Å². The minimum absolute atomic E-state index is 0.0558. The van der Waals surface area contributed by atoms with Crippen molar-refractivity contribution < 1.29 is 8.42 Å². The summed E-state index contributed by atoms with van der Waals surface area (Å²) in [6.45, 7) is 7.32. The van der Waals surface area contributed by atoms with Crippen LogP contribution in [0.4, 0.5) is 0 Å². The first-order valence-electron chi connectivity index (χ1n) is 7.28. The maximum atomic E-state index is 12.9. The molecule has 6 nitrogen and oxygen atoms in total. The van der Waals surface area contributed by atoms with Crippen molar-refractivity contribution in [2.45, 2.75) is 63.7 Å². The third-order valence-corrected chi connectivity index (χ3v) is 6.04. The van der Waals surface area contributed by atoms with Gasteiger partial charge in [0.05, 0.1) is 6.20 Å². The predicted octanol–water partition coefficient (Wildman–Crippen LogP) is 1.47. The number of rotatable bonds is 6. The largest absolute Gasteiger partial charge is 0.313 e. The van der Waals surface area contributed by atoms with E-state index in [1.54, 1.807) is 10.5 Å². The highest BCUT2D eigenvalue weighted by molar-refractivity contribution is 7.89. The summed E-state index contributed by atoms with van der Waals surface area (Å²) in [6.07, 6.45) is 4.31. The Morgan fingerprint density at radius 1 is 1.45 bits per heavy atom. The molecule has 2 atom stereocenters. The van der Waals surface area contributed by atoms with Gasteiger partial charge in [0.15, 0.2) is 5.03 Å². The lowest BCUT2D eigenvalue weighted by atomic mass is 10.2. The van der Waals surface area contributed by atoms with Crippen LogP contribution in [0.5, 0.6) is 0 Å². The molecule has 2 rings (SSSR count). The zero-order valence-corrected chi connectivity index (χ0v) is 13.2. The van der Waals surface area contributed by atoms with E-state index in [9.17, 15) is 8.42 Å². The van der Waals surface area contributed by atoms with Gasteiger partial charge in [0, 0.05) is 24.2 Å². The lowest BCUT2D eigenvalue weighted by Gasteiger charge is -2.26. The van der Waals surface area contributed by atoms with Crippen LogP contribution in [0, 0.1) is 0 Å². The molecule has 2 N–H and O–H groups in total. The molecule has 0 amide bonds. The maximum absolute atomic E-state index is 12.9. The predicted molar refractivity (Wildman–Crippen MR) is 77.8 cm³/mol. The first-order valence-corrected chi connectivity index (χ1v) is 8.72. The topological polar surface area (TPSA) is 78.1 Å². The van der Waals surface area contributed by atoms with E-state index in [2.05, 4.69) is 15.5 Å². The quantitative estimate of drug-likeness (QED) is 0.834. The van der Waals surface area contributed by atoms with Crippen molar-refractivity contribution >= 4 is 10.0 Å². The van der Waals surface area contributed by atoms with E-state index >= 15 is 0 Å². The van der Waals surface area contributed by atoms with Gasteiger partial charge in [0.25, 0.3) is 10.0 Å². The van der Waals surface area contributed by atoms with Gasteiger partial charge in [-0.1, -0.05) is 13.8 Å². The molecule has 1 saturated heterocycles. The van der Waals surface area contributed by atoms with Crippen LogP contribution >= 0.6 is 0 Å². The van der Waals surface area contributed by atoms with Crippen molar-refractivity contribution in [2.24, 2.45) is 0 Å². The fourth-order valence-corrected chi connectivity index (χ4v) is 4.94. The Morgan fingerprint density at radius 3 is 2.85 bits per heavy atom. The number of aromatic nitrogens is 2. The number of H-pyrrole nitrogens is 1. The van der Waals surface area contributed by atoms with E-state index in [1.807, 2.05) is 20.8 Å². The van der Waals surface area contributed by atoms with Crippen molar-refractivity contribution in [3.63, 3.8) is 0 Å². The normalized spacial score (nSPS) is 24.4. The third kappa shape index (κ3) is 2.75. The molecule has 1 aromatic heterocycles. The number of hydrogen-bond donors (Lipinski definition) is 2. The number of sulfonamides is 1. The third-order valence-electron chi connectivity index (χ3n) is 3.96. The van der Waals surface area contributed by atoms with Gasteiger partial charge in [0.2, 0.25) is 0 Å². The number of aromatic amines is 1. The molecule has 1 aromatic rings. The summed E-state index contributed by atoms with van der Waals surface area (Å²) in [5, 5.41) is 9.98. The summed E-state index contributed by atoms with van der Waals surface area (Å²) >= 11 is 0. The highest BCUT2D eigenvalue weighted by Gasteiger charge is 2.40. The SMILES string of the molecule is CCNCc1cn[nH]c1S(=O)(=O)N1C(C)CCC1CC. The second-order valence-corrected chi connectivity index (χ2v) is 7.11. The van der Waals surface area contributed by atoms with Gasteiger partial charge in [-0.2, -0.15) is 9.40 Å². The second kappa shape index (κ2) is 6.24. The molecule has 0 radical (unpaired) electrons. The Balaban J connectivity index is 2.32. The van der Waals surface area contributed by atoms with Crippen molar-refractivity contribution in [1.82, 2.24) is 19.8 Å². The molecule has 2 heterocycles. The summed E-state index contributed by atoms with van der Waals surface area (Å²) in [6, 6.07) is 0.158. The van der Waals surface area contributed by atoms with Gasteiger partial charge >= 0.3 is 0 Å². The first kappa shape index (κ1) is 15.5. The van der Waals surface area contributed by atoms with Gasteiger partial charge in [-0.25, -0.2) is 8.42 Å². The summed E-state index contributed by atoms with van der Waals surface area (Å²) in [7, 11) is -3.49. The molecule has 0 bridgehead atoms. The smallest absolute Gasteiger partial charge is 0.260 e. The summed E-state index contributed by atoms with van der Waals surface area (Å²) < 4.78 is 27.4. The van der Waals surface area contributed by atoms with Crippen LogP contribution in [0.25, 0.3) is 0 Å². The van der Waals surface area contributed by atoms with E-state index in [4.69, 9.17) is 0 Å². The molecule has 0 aromatic carbocycles. The van der Waals surface area contributed by atoms with Gasteiger partial charge < -0.3 is 5.32 Å². The summed E-state index contributed by atoms with van der Waals surface area (Å²) in [4.78, 5) is 0. The lowest BCUT2D eigenvalue weighted by Crippen LogP contribution is -2.40. The summed E-state index contributed by atoms with van der Waals surface area (Å²) in [5.74, 6) is 0. The lowest BCUT2D eigenvalue weighted by molar-refractivity contribution is 0.327. The number of hydrogen-bond acceptors (Lipinski definition) is 4. The monoisotopic (exact) mass is 300 g/mol. The Kier molecular flexibility index (Phi) is 4.82. The number of nitrogens with one attached hydrogen (secondary N) is 2. The fourth-order valence-electron chi connectivity index (χ4n) is 2.88. The molecule has 114 valence electrons. The van der Waals surface area contributed by atoms with Gasteiger partial charge in [-0.15, -0.1) is 0 Å². The van der Waals surface area contributed by atoms with Crippen LogP contribution in [-0.2, 0) is 16.6 Å². The molecule has 1 aliphatic heterocycles. The highest BCUT2D eigenvalue weighted by atomic mass is 32.2. The Labute approximate surface area is 121 Å². The Bertz CT molecular complexity index is 540. The van der Waals surface area contributed by atoms with Crippen LogP contribution in [0.15, 0.2) is 11.2 Å². The van der Waals surface area contributed by atoms with E-state index in [1.165, 1.54) is 0 Å². The zero-order valence-electron chi connectivity index (χ0n) is 12.4. The molecule has 20 heavy (non-hydrogen) atoms. The summed E-state index contributed by atoms with van der Waals surface area (Å²) in [5.41, 5.74) is 0.709. The Hall–Kier alpha value is -0.920. The standard InChI is InChI=1S/C13H24N4O2S/c1-4-12-7-6-10(3)17(12)20(18,19)13-11(8-14-5-2)9-15-16-13/h9-10,12,14H,4-8H2,1-3H3,(H,15,16). The molecule has 1 fully saturated rings. The molecular weight excluding hydrogens is 276 g/mol.